The van der Waals surface area contributed by atoms with Gasteiger partial charge in [-0.05, 0) is 140 Å². The highest BCUT2D eigenvalue weighted by Gasteiger charge is 2.34. The molecule has 0 saturated heterocycles. The summed E-state index contributed by atoms with van der Waals surface area (Å²) in [6, 6.07) is 1.68. The van der Waals surface area contributed by atoms with Crippen molar-refractivity contribution in [2.45, 2.75) is 250 Å². The van der Waals surface area contributed by atoms with E-state index in [0.29, 0.717) is 17.2 Å². The zero-order valence-corrected chi connectivity index (χ0v) is 45.7. The number of aromatic hydroxyl groups is 2. The molecule has 0 fully saturated rings. The average Bonchev–Trinajstić information content (AvgIpc) is 3.24. The molecule has 0 bridgehead atoms. The molecule has 0 radical (unpaired) electrons. The van der Waals surface area contributed by atoms with Crippen molar-refractivity contribution < 1.29 is 30.3 Å². The number of ether oxygens (including phenoxy) is 1. The van der Waals surface area contributed by atoms with Crippen molar-refractivity contribution in [2.24, 2.45) is 35.5 Å². The summed E-state index contributed by atoms with van der Waals surface area (Å²) in [6.07, 6.45) is 27.1. The number of rotatable bonds is 25. The quantitative estimate of drug-likeness (QED) is 0.0585. The minimum Gasteiger partial charge on any atom is -0.593 e. The molecule has 2 aromatic carbocycles. The third-order valence-electron chi connectivity index (χ3n) is 14.6. The molecule has 6 atom stereocenters. The van der Waals surface area contributed by atoms with Gasteiger partial charge in [0, 0.05) is 29.9 Å². The van der Waals surface area contributed by atoms with E-state index in [1.807, 2.05) is 34.6 Å². The Kier molecular flexibility index (Phi) is 30.8. The van der Waals surface area contributed by atoms with Crippen LogP contribution >= 0.6 is 0 Å². The molecule has 65 heavy (non-hydrogen) atoms. The van der Waals surface area contributed by atoms with Crippen molar-refractivity contribution >= 4 is 0 Å². The van der Waals surface area contributed by atoms with E-state index in [9.17, 15) is 15.3 Å². The number of hydrogen-bond acceptors (Lipinski definition) is 5. The third-order valence-corrected chi connectivity index (χ3v) is 14.6. The zero-order valence-electron chi connectivity index (χ0n) is 45.7. The van der Waals surface area contributed by atoms with Crippen LogP contribution in [0.1, 0.15) is 230 Å². The Morgan fingerprint density at radius 3 is 1.46 bits per heavy atom. The van der Waals surface area contributed by atoms with E-state index in [-0.39, 0.29) is 5.60 Å². The predicted octanol–water partition coefficient (Wildman–Crippen LogP) is 16.6. The van der Waals surface area contributed by atoms with E-state index in [1.54, 1.807) is 19.1 Å². The fraction of sp³-hybridized carbons (Fsp3) is 0.763. The fourth-order valence-corrected chi connectivity index (χ4v) is 9.23. The highest BCUT2D eigenvalue weighted by molar-refractivity contribution is 5.58. The Labute approximate surface area is 402 Å². The van der Waals surface area contributed by atoms with Gasteiger partial charge in [0.25, 0.3) is 5.75 Å². The summed E-state index contributed by atoms with van der Waals surface area (Å²) < 4.78 is 6.60. The smallest absolute Gasteiger partial charge is 0.257 e. The molecular weight excluding hydrogens is 805 g/mol. The predicted molar refractivity (Wildman–Crippen MR) is 283 cm³/mol. The van der Waals surface area contributed by atoms with Gasteiger partial charge >= 0.3 is 0 Å². The standard InChI is InChI=1S/C29H50O2.C20H40O.C9H12O2.CH4O/c1-20(2)12-9-13-21(3)14-10-15-22(4)16-11-18-29(8)19-17-26-25(7)27(30)23(5)24(6)28(26)31-29;1-7-20(6,21)16-10-15-19(5)14-9-13-18(4)12-8-11-17(2)3;1-5-4-8(10)6(2)7(3)9(5)11;1-2/h20-22,30H,9-19H2,1-8H3;7,17-19,21H,1,8-16H2,2-6H3;4,10-11H,1-3H3;2H,1H3/p+1. The van der Waals surface area contributed by atoms with Crippen molar-refractivity contribution in [3.63, 3.8) is 0 Å². The second-order valence-electron chi connectivity index (χ2n) is 22.2. The highest BCUT2D eigenvalue weighted by atomic mass is 16.5. The largest absolute Gasteiger partial charge is 0.593 e. The second-order valence-corrected chi connectivity index (χ2v) is 22.2. The first-order valence-electron chi connectivity index (χ1n) is 26.2. The van der Waals surface area contributed by atoms with E-state index >= 15 is 0 Å². The van der Waals surface area contributed by atoms with Gasteiger partial charge in [0.2, 0.25) is 0 Å². The van der Waals surface area contributed by atoms with Crippen molar-refractivity contribution in [3.05, 3.63) is 57.7 Å². The van der Waals surface area contributed by atoms with Crippen LogP contribution in [0, 0.1) is 77.0 Å². The molecule has 6 N–H and O–H groups in total. The van der Waals surface area contributed by atoms with Gasteiger partial charge in [0.05, 0.1) is 11.2 Å². The minimum absolute atomic E-state index is 0.0712. The molecular formula is C59H107O6+. The van der Waals surface area contributed by atoms with Crippen LogP contribution in [0.15, 0.2) is 18.7 Å². The molecule has 1 heterocycles. The molecule has 0 aliphatic carbocycles. The molecule has 3 rings (SSSR count). The van der Waals surface area contributed by atoms with Crippen molar-refractivity contribution in [3.8, 4) is 23.0 Å². The Morgan fingerprint density at radius 1 is 0.631 bits per heavy atom. The molecule has 6 heteroatoms. The maximum absolute atomic E-state index is 10.4. The molecule has 6 unspecified atom stereocenters. The number of aliphatic hydroxyl groups excluding tert-OH is 1. The molecule has 1 aliphatic heterocycles. The summed E-state index contributed by atoms with van der Waals surface area (Å²) in [4.78, 5) is 0. The van der Waals surface area contributed by atoms with Crippen LogP contribution in [0.3, 0.4) is 0 Å². The van der Waals surface area contributed by atoms with Gasteiger partial charge in [-0.3, -0.25) is 0 Å². The van der Waals surface area contributed by atoms with Crippen LogP contribution in [0.2, 0.25) is 0 Å². The number of hydrogen-bond donors (Lipinski definition) is 4. The maximum Gasteiger partial charge on any atom is 0.257 e. The number of fused-ring (bicyclic) bond motifs is 1. The number of aryl methyl sites for hydroxylation is 1. The summed E-state index contributed by atoms with van der Waals surface area (Å²) >= 11 is 0. The molecule has 2 aromatic rings. The number of phenolic OH excluding ortho intramolecular Hbond substituents is 2. The lowest BCUT2D eigenvalue weighted by molar-refractivity contribution is 0.0511. The molecule has 378 valence electrons. The van der Waals surface area contributed by atoms with Crippen molar-refractivity contribution in [1.82, 2.24) is 0 Å². The van der Waals surface area contributed by atoms with Crippen molar-refractivity contribution in [2.75, 3.05) is 7.11 Å². The number of benzene rings is 2. The van der Waals surface area contributed by atoms with Crippen LogP contribution in [0.4, 0.5) is 0 Å². The fourth-order valence-electron chi connectivity index (χ4n) is 9.23. The van der Waals surface area contributed by atoms with E-state index in [0.717, 1.165) is 114 Å². The summed E-state index contributed by atoms with van der Waals surface area (Å²) in [5, 5.41) is 44.2. The first kappa shape index (κ1) is 62.3. The summed E-state index contributed by atoms with van der Waals surface area (Å²) in [7, 11) is 1.00. The normalized spacial score (nSPS) is 17.2. The van der Waals surface area contributed by atoms with Crippen LogP contribution in [0.5, 0.6) is 23.0 Å². The third kappa shape index (κ3) is 24.8. The van der Waals surface area contributed by atoms with Gasteiger partial charge in [-0.25, -0.2) is 0 Å². The van der Waals surface area contributed by atoms with E-state index in [1.165, 1.54) is 102 Å². The topological polar surface area (TPSA) is 113 Å². The van der Waals surface area contributed by atoms with Gasteiger partial charge < -0.3 is 30.3 Å². The van der Waals surface area contributed by atoms with Crippen LogP contribution in [-0.4, -0.2) is 43.8 Å². The lowest BCUT2D eigenvalue weighted by Gasteiger charge is -2.38. The van der Waals surface area contributed by atoms with Crippen LogP contribution in [-0.2, 0) is 6.42 Å². The Balaban J connectivity index is 0.00000103. The maximum atomic E-state index is 10.4. The van der Waals surface area contributed by atoms with Gasteiger partial charge in [-0.1, -0.05) is 158 Å². The first-order valence-corrected chi connectivity index (χ1v) is 26.2. The molecule has 0 spiro atoms. The summed E-state index contributed by atoms with van der Waals surface area (Å²) in [5.74, 6) is 7.38. The average molecular weight is 912 g/mol. The van der Waals surface area contributed by atoms with Crippen molar-refractivity contribution in [1.29, 1.82) is 0 Å². The van der Waals surface area contributed by atoms with Crippen LogP contribution in [0.25, 0.3) is 0 Å². The van der Waals surface area contributed by atoms with Gasteiger partial charge in [0.1, 0.15) is 22.8 Å². The Hall–Kier alpha value is -2.70. The Morgan fingerprint density at radius 2 is 1.03 bits per heavy atom. The molecule has 0 amide bonds. The summed E-state index contributed by atoms with van der Waals surface area (Å²) in [5.41, 5.74) is 6.00. The van der Waals surface area contributed by atoms with Crippen LogP contribution < -0.4 is 4.74 Å². The Bertz CT molecular complexity index is 1580. The molecule has 0 saturated carbocycles. The molecule has 0 aromatic heterocycles. The molecule has 6 nitrogen and oxygen atoms in total. The summed E-state index contributed by atoms with van der Waals surface area (Å²) in [6.45, 7) is 38.3. The SMILES string of the molecule is C=CC(C)(O)CCCC(C)CCCC(C)CCCC(C)C.CO.Cc1c(C)c2c(c(C)c1O)CCC(C)(CCCC(C)CCCC(C)CCCC(C)C)O2.Cc1cc([OH2+])c(C)c(C)c1O. The number of phenols is 2. The van der Waals surface area contributed by atoms with Gasteiger partial charge in [0.15, 0.2) is 0 Å². The van der Waals surface area contributed by atoms with Gasteiger partial charge in [-0.2, -0.15) is 0 Å². The monoisotopic (exact) mass is 912 g/mol. The lowest BCUT2D eigenvalue weighted by atomic mass is 9.84. The van der Waals surface area contributed by atoms with E-state index in [4.69, 9.17) is 14.9 Å². The molecule has 1 aliphatic rings. The zero-order chi connectivity index (χ0) is 50.1. The van der Waals surface area contributed by atoms with E-state index in [2.05, 4.69) is 75.8 Å². The van der Waals surface area contributed by atoms with Gasteiger partial charge in [-0.15, -0.1) is 6.58 Å². The second kappa shape index (κ2) is 32.1. The highest BCUT2D eigenvalue weighted by Crippen LogP contribution is 2.44. The lowest BCUT2D eigenvalue weighted by Crippen LogP contribution is -2.37. The minimum atomic E-state index is -0.676. The first-order chi connectivity index (χ1) is 30.3. The number of aliphatic hydroxyl groups is 2. The van der Waals surface area contributed by atoms with E-state index < -0.39 is 5.60 Å².